The van der Waals surface area contributed by atoms with Gasteiger partial charge in [-0.05, 0) is 31.1 Å². The van der Waals surface area contributed by atoms with Crippen LogP contribution in [0, 0.1) is 24.2 Å². The van der Waals surface area contributed by atoms with Crippen molar-refractivity contribution >= 4 is 0 Å². The molecule has 0 aromatic carbocycles. The topological polar surface area (TPSA) is 44.0 Å². The number of unbranched alkanes of at least 4 members (excludes halogenated alkanes) is 1. The average molecular weight is 258 g/mol. The van der Waals surface area contributed by atoms with Crippen molar-refractivity contribution in [2.24, 2.45) is 11.8 Å². The molecule has 1 fully saturated rings. The highest BCUT2D eigenvalue weighted by molar-refractivity contribution is 4.84. The van der Waals surface area contributed by atoms with E-state index in [1.54, 1.807) is 0 Å². The third-order valence-corrected chi connectivity index (χ3v) is 3.21. The lowest BCUT2D eigenvalue weighted by Crippen LogP contribution is -2.10. The summed E-state index contributed by atoms with van der Waals surface area (Å²) in [6.07, 6.45) is 11.8. The molecular weight excluding hydrogens is 224 g/mol. The Labute approximate surface area is 115 Å². The van der Waals surface area contributed by atoms with Gasteiger partial charge in [-0.2, -0.15) is 0 Å². The minimum Gasteiger partial charge on any atom is -0.412 e. The normalized spacial score (nSPS) is 18.9. The van der Waals surface area contributed by atoms with Crippen LogP contribution in [0.1, 0.15) is 67.2 Å². The Morgan fingerprint density at radius 1 is 1.39 bits per heavy atom. The zero-order chi connectivity index (χ0) is 12.4. The van der Waals surface area contributed by atoms with Crippen LogP contribution in [0.5, 0.6) is 0 Å². The van der Waals surface area contributed by atoms with E-state index in [-0.39, 0.29) is 12.9 Å². The van der Waals surface area contributed by atoms with Crippen molar-refractivity contribution in [2.45, 2.75) is 73.3 Å². The lowest BCUT2D eigenvalue weighted by atomic mass is 9.88. The van der Waals surface area contributed by atoms with Crippen molar-refractivity contribution in [1.82, 2.24) is 0 Å². The number of epoxide rings is 1. The zero-order valence-corrected chi connectivity index (χ0v) is 12.0. The molecule has 1 aliphatic heterocycles. The van der Waals surface area contributed by atoms with E-state index in [0.717, 1.165) is 24.9 Å². The Morgan fingerprint density at radius 2 is 1.94 bits per heavy atom. The Kier molecular flexibility index (Phi) is 18.3. The third-order valence-electron chi connectivity index (χ3n) is 3.21. The molecule has 110 valence electrons. The lowest BCUT2D eigenvalue weighted by molar-refractivity contribution is 0.282. The second kappa shape index (κ2) is 14.5. The van der Waals surface area contributed by atoms with Crippen LogP contribution < -0.4 is 0 Å². The Morgan fingerprint density at radius 3 is 2.33 bits per heavy atom. The highest BCUT2D eigenvalue weighted by atomic mass is 16.6. The van der Waals surface area contributed by atoms with Crippen LogP contribution in [0.3, 0.4) is 0 Å². The van der Waals surface area contributed by atoms with Crippen molar-refractivity contribution in [3.8, 4) is 12.3 Å². The predicted octanol–water partition coefficient (Wildman–Crippen LogP) is 4.08. The van der Waals surface area contributed by atoms with Crippen LogP contribution in [0.2, 0.25) is 0 Å². The summed E-state index contributed by atoms with van der Waals surface area (Å²) < 4.78 is 5.31. The van der Waals surface area contributed by atoms with Gasteiger partial charge in [0.05, 0.1) is 12.7 Å². The first kappa shape index (κ1) is 22.6. The smallest absolute Gasteiger partial charge is 0.0835 e. The summed E-state index contributed by atoms with van der Waals surface area (Å²) >= 11 is 0. The van der Waals surface area contributed by atoms with Gasteiger partial charge in [0.25, 0.3) is 0 Å². The molecular formula is C16H34O2. The third kappa shape index (κ3) is 10.6. The Bertz CT molecular complexity index is 192. The summed E-state index contributed by atoms with van der Waals surface area (Å²) in [6.45, 7) is 9.57. The van der Waals surface area contributed by atoms with Gasteiger partial charge in [-0.1, -0.05) is 41.5 Å². The quantitative estimate of drug-likeness (QED) is 0.385. The van der Waals surface area contributed by atoms with Gasteiger partial charge in [-0.25, -0.2) is 0 Å². The van der Waals surface area contributed by atoms with Crippen molar-refractivity contribution in [1.29, 1.82) is 0 Å². The maximum absolute atomic E-state index is 5.31. The maximum Gasteiger partial charge on any atom is 0.0835 e. The molecule has 1 saturated heterocycles. The molecule has 0 aromatic heterocycles. The Balaban J connectivity index is -0.000000534. The zero-order valence-electron chi connectivity index (χ0n) is 12.0. The predicted molar refractivity (Wildman–Crippen MR) is 81.7 cm³/mol. The number of rotatable bonds is 7. The summed E-state index contributed by atoms with van der Waals surface area (Å²) in [5.41, 5.74) is 0. The second-order valence-corrected chi connectivity index (χ2v) is 4.46. The minimum atomic E-state index is 0. The van der Waals surface area contributed by atoms with E-state index >= 15 is 0 Å². The molecule has 1 heterocycles. The summed E-state index contributed by atoms with van der Waals surface area (Å²) in [4.78, 5) is 0. The van der Waals surface area contributed by atoms with Gasteiger partial charge in [0.15, 0.2) is 0 Å². The SMILES string of the molecule is C.C#CCCCC(CC)C[C@H](C)C1CO1.CC.O. The largest absolute Gasteiger partial charge is 0.412 e. The molecule has 2 unspecified atom stereocenters. The number of hydrogen-bond donors (Lipinski definition) is 0. The summed E-state index contributed by atoms with van der Waals surface area (Å²) in [6, 6.07) is 0. The molecule has 2 N–H and O–H groups in total. The lowest BCUT2D eigenvalue weighted by Gasteiger charge is -2.17. The maximum atomic E-state index is 5.31. The van der Waals surface area contributed by atoms with Crippen LogP contribution in [-0.4, -0.2) is 18.2 Å². The van der Waals surface area contributed by atoms with Crippen molar-refractivity contribution in [3.05, 3.63) is 0 Å². The molecule has 18 heavy (non-hydrogen) atoms. The number of terminal acetylenes is 1. The molecule has 0 radical (unpaired) electrons. The molecule has 2 nitrogen and oxygen atoms in total. The number of hydrogen-bond acceptors (Lipinski definition) is 1. The summed E-state index contributed by atoms with van der Waals surface area (Å²) in [7, 11) is 0. The first-order chi connectivity index (χ1) is 7.77. The highest BCUT2D eigenvalue weighted by Gasteiger charge is 2.30. The van der Waals surface area contributed by atoms with E-state index in [4.69, 9.17) is 11.2 Å². The molecule has 1 aliphatic rings. The van der Waals surface area contributed by atoms with Gasteiger partial charge >= 0.3 is 0 Å². The van der Waals surface area contributed by atoms with Crippen molar-refractivity contribution in [2.75, 3.05) is 6.61 Å². The van der Waals surface area contributed by atoms with Crippen LogP contribution in [-0.2, 0) is 4.74 Å². The van der Waals surface area contributed by atoms with Crippen LogP contribution in [0.15, 0.2) is 0 Å². The second-order valence-electron chi connectivity index (χ2n) is 4.46. The molecule has 1 rings (SSSR count). The first-order valence-electron chi connectivity index (χ1n) is 6.83. The van der Waals surface area contributed by atoms with Crippen molar-refractivity contribution in [3.63, 3.8) is 0 Å². The standard InChI is InChI=1S/C13H22O.C2H6.CH4.H2O/c1-4-6-7-8-12(5-2)9-11(3)13-10-14-13;1-2;;/h1,11-13H,5-10H2,2-3H3;1-2H3;1H4;1H2/t11-,12?,13?;;;/m0.../s1. The van der Waals surface area contributed by atoms with E-state index < -0.39 is 0 Å². The fourth-order valence-corrected chi connectivity index (χ4v) is 2.04. The molecule has 3 atom stereocenters. The molecule has 0 aliphatic carbocycles. The first-order valence-corrected chi connectivity index (χ1v) is 6.83. The summed E-state index contributed by atoms with van der Waals surface area (Å²) in [5, 5.41) is 0. The van der Waals surface area contributed by atoms with Crippen LogP contribution in [0.25, 0.3) is 0 Å². The van der Waals surface area contributed by atoms with E-state index in [2.05, 4.69) is 19.8 Å². The van der Waals surface area contributed by atoms with Gasteiger partial charge in [0.2, 0.25) is 0 Å². The van der Waals surface area contributed by atoms with E-state index in [0.29, 0.717) is 6.10 Å². The van der Waals surface area contributed by atoms with Gasteiger partial charge < -0.3 is 10.2 Å². The molecule has 0 bridgehead atoms. The molecule has 0 aromatic rings. The van der Waals surface area contributed by atoms with Crippen LogP contribution in [0.4, 0.5) is 0 Å². The van der Waals surface area contributed by atoms with Crippen LogP contribution >= 0.6 is 0 Å². The molecule has 0 spiro atoms. The molecule has 2 heteroatoms. The van der Waals surface area contributed by atoms with E-state index in [9.17, 15) is 0 Å². The molecule has 0 saturated carbocycles. The number of ether oxygens (including phenoxy) is 1. The van der Waals surface area contributed by atoms with E-state index in [1.807, 2.05) is 13.8 Å². The fourth-order valence-electron chi connectivity index (χ4n) is 2.04. The average Bonchev–Trinajstić information content (AvgIpc) is 3.14. The Hall–Kier alpha value is -0.520. The van der Waals surface area contributed by atoms with Crippen molar-refractivity contribution < 1.29 is 10.2 Å². The summed E-state index contributed by atoms with van der Waals surface area (Å²) in [5.74, 6) is 4.30. The fraction of sp³-hybridized carbons (Fsp3) is 0.875. The van der Waals surface area contributed by atoms with E-state index in [1.165, 1.54) is 25.7 Å². The monoisotopic (exact) mass is 258 g/mol. The van der Waals surface area contributed by atoms with Gasteiger partial charge in [0.1, 0.15) is 0 Å². The van der Waals surface area contributed by atoms with Gasteiger partial charge in [0, 0.05) is 6.42 Å². The van der Waals surface area contributed by atoms with Gasteiger partial charge in [-0.15, -0.1) is 12.3 Å². The molecule has 0 amide bonds. The highest BCUT2D eigenvalue weighted by Crippen LogP contribution is 2.29. The minimum absolute atomic E-state index is 0. The van der Waals surface area contributed by atoms with Gasteiger partial charge in [-0.3, -0.25) is 0 Å².